The summed E-state index contributed by atoms with van der Waals surface area (Å²) in [5.74, 6) is -0.240. The summed E-state index contributed by atoms with van der Waals surface area (Å²) < 4.78 is 0.877. The molecule has 0 unspecified atom stereocenters. The Labute approximate surface area is 141 Å². The number of aromatic amines is 1. The van der Waals surface area contributed by atoms with E-state index in [2.05, 4.69) is 40.1 Å². The first-order valence-electron chi connectivity index (χ1n) is 6.77. The number of carbonyl (C=O) groups excluding carboxylic acids is 1. The van der Waals surface area contributed by atoms with Gasteiger partial charge in [0.15, 0.2) is 0 Å². The van der Waals surface area contributed by atoms with Crippen LogP contribution in [0.3, 0.4) is 0 Å². The molecule has 0 aliphatic heterocycles. The van der Waals surface area contributed by atoms with Crippen LogP contribution in [-0.2, 0) is 0 Å². The first-order chi connectivity index (χ1) is 10.4. The van der Waals surface area contributed by atoms with Crippen molar-refractivity contribution >= 4 is 33.6 Å². The summed E-state index contributed by atoms with van der Waals surface area (Å²) in [6, 6.07) is 10.9. The molecule has 2 rings (SSSR count). The molecule has 0 bridgehead atoms. The Kier molecular flexibility index (Phi) is 5.47. The van der Waals surface area contributed by atoms with Crippen molar-refractivity contribution in [3.05, 3.63) is 63.0 Å². The van der Waals surface area contributed by atoms with E-state index in [4.69, 9.17) is 0 Å². The van der Waals surface area contributed by atoms with Gasteiger partial charge in [-0.3, -0.25) is 9.59 Å². The number of pyridine rings is 1. The van der Waals surface area contributed by atoms with E-state index >= 15 is 0 Å². The van der Waals surface area contributed by atoms with Crippen LogP contribution >= 0.6 is 27.7 Å². The van der Waals surface area contributed by atoms with Gasteiger partial charge >= 0.3 is 0 Å². The minimum atomic E-state index is -0.281. The van der Waals surface area contributed by atoms with Crippen molar-refractivity contribution in [1.29, 1.82) is 0 Å². The fraction of sp³-hybridized carbons (Fsp3) is 0.250. The van der Waals surface area contributed by atoms with Crippen molar-refractivity contribution in [3.63, 3.8) is 0 Å². The molecule has 1 amide bonds. The fourth-order valence-electron chi connectivity index (χ4n) is 1.84. The number of amides is 1. The molecular formula is C16H17BrN2O2S. The van der Waals surface area contributed by atoms with Gasteiger partial charge in [-0.1, -0.05) is 15.9 Å². The molecule has 0 atom stereocenters. The Balaban J connectivity index is 1.95. The van der Waals surface area contributed by atoms with Gasteiger partial charge in [0.2, 0.25) is 5.56 Å². The minimum absolute atomic E-state index is 0.162. The molecule has 4 nitrogen and oxygen atoms in total. The number of thioether (sulfide) groups is 1. The van der Waals surface area contributed by atoms with Gasteiger partial charge in [0.25, 0.3) is 5.91 Å². The molecule has 0 saturated heterocycles. The third-order valence-electron chi connectivity index (χ3n) is 2.92. The molecule has 0 fully saturated rings. The van der Waals surface area contributed by atoms with Crippen LogP contribution in [0.25, 0.3) is 0 Å². The summed E-state index contributed by atoms with van der Waals surface area (Å²) in [5, 5.41) is 2.88. The molecule has 2 aromatic rings. The molecule has 1 aromatic heterocycles. The van der Waals surface area contributed by atoms with Gasteiger partial charge in [-0.25, -0.2) is 0 Å². The molecule has 1 aromatic carbocycles. The van der Waals surface area contributed by atoms with Crippen LogP contribution in [0.4, 0.5) is 0 Å². The van der Waals surface area contributed by atoms with Gasteiger partial charge in [0, 0.05) is 38.5 Å². The molecule has 0 aliphatic rings. The fourth-order valence-corrected chi connectivity index (χ4v) is 3.16. The van der Waals surface area contributed by atoms with Gasteiger partial charge in [-0.2, -0.15) is 0 Å². The SMILES string of the molecule is CC(C)(CNC(=O)c1cc[nH]c(=O)c1)Sc1ccc(Br)cc1. The second-order valence-electron chi connectivity index (χ2n) is 5.44. The Morgan fingerprint density at radius 3 is 2.59 bits per heavy atom. The van der Waals surface area contributed by atoms with E-state index in [1.165, 1.54) is 12.3 Å². The lowest BCUT2D eigenvalue weighted by atomic mass is 10.2. The summed E-state index contributed by atoms with van der Waals surface area (Å²) in [6.07, 6.45) is 1.47. The van der Waals surface area contributed by atoms with Crippen molar-refractivity contribution in [2.24, 2.45) is 0 Å². The van der Waals surface area contributed by atoms with Crippen molar-refractivity contribution in [3.8, 4) is 0 Å². The molecule has 1 heterocycles. The van der Waals surface area contributed by atoms with Crippen LogP contribution < -0.4 is 10.9 Å². The van der Waals surface area contributed by atoms with Crippen LogP contribution in [0.15, 0.2) is 56.8 Å². The highest BCUT2D eigenvalue weighted by molar-refractivity contribution is 9.10. The first-order valence-corrected chi connectivity index (χ1v) is 8.38. The molecule has 0 radical (unpaired) electrons. The van der Waals surface area contributed by atoms with Crippen molar-refractivity contribution < 1.29 is 4.79 Å². The number of rotatable bonds is 5. The predicted molar refractivity (Wildman–Crippen MR) is 93.5 cm³/mol. The molecule has 116 valence electrons. The molecule has 0 saturated carbocycles. The zero-order chi connectivity index (χ0) is 16.2. The van der Waals surface area contributed by atoms with Crippen LogP contribution in [-0.4, -0.2) is 22.2 Å². The Hall–Kier alpha value is -1.53. The maximum Gasteiger partial charge on any atom is 0.251 e. The maximum atomic E-state index is 12.1. The third-order valence-corrected chi connectivity index (χ3v) is 4.65. The van der Waals surface area contributed by atoms with Crippen LogP contribution in [0.1, 0.15) is 24.2 Å². The summed E-state index contributed by atoms with van der Waals surface area (Å²) in [4.78, 5) is 26.9. The molecule has 0 spiro atoms. The minimum Gasteiger partial charge on any atom is -0.351 e. The summed E-state index contributed by atoms with van der Waals surface area (Å²) >= 11 is 5.10. The average Bonchev–Trinajstić information content (AvgIpc) is 2.47. The number of nitrogens with one attached hydrogen (secondary N) is 2. The molecule has 0 aliphatic carbocycles. The van der Waals surface area contributed by atoms with Crippen molar-refractivity contribution in [1.82, 2.24) is 10.3 Å². The first kappa shape index (κ1) is 16.8. The number of hydrogen-bond donors (Lipinski definition) is 2. The van der Waals surface area contributed by atoms with E-state index in [1.807, 2.05) is 24.3 Å². The van der Waals surface area contributed by atoms with Gasteiger partial charge in [0.1, 0.15) is 0 Å². The van der Waals surface area contributed by atoms with Gasteiger partial charge in [-0.05, 0) is 44.2 Å². The second-order valence-corrected chi connectivity index (χ2v) is 8.14. The summed E-state index contributed by atoms with van der Waals surface area (Å²) in [6.45, 7) is 4.63. The number of halogens is 1. The summed E-state index contributed by atoms with van der Waals surface area (Å²) in [7, 11) is 0. The van der Waals surface area contributed by atoms with Gasteiger partial charge in [-0.15, -0.1) is 11.8 Å². The normalized spacial score (nSPS) is 11.2. The number of H-pyrrole nitrogens is 1. The average molecular weight is 381 g/mol. The largest absolute Gasteiger partial charge is 0.351 e. The van der Waals surface area contributed by atoms with E-state index in [0.29, 0.717) is 12.1 Å². The number of aromatic nitrogens is 1. The number of carbonyl (C=O) groups is 1. The molecule has 2 N–H and O–H groups in total. The number of hydrogen-bond acceptors (Lipinski definition) is 3. The highest BCUT2D eigenvalue weighted by atomic mass is 79.9. The van der Waals surface area contributed by atoms with Crippen LogP contribution in [0.2, 0.25) is 0 Å². The zero-order valence-electron chi connectivity index (χ0n) is 12.4. The third kappa shape index (κ3) is 5.03. The van der Waals surface area contributed by atoms with E-state index in [9.17, 15) is 9.59 Å². The van der Waals surface area contributed by atoms with E-state index in [0.717, 1.165) is 9.37 Å². The second kappa shape index (κ2) is 7.15. The van der Waals surface area contributed by atoms with Gasteiger partial charge in [0.05, 0.1) is 0 Å². The highest BCUT2D eigenvalue weighted by Crippen LogP contribution is 2.32. The quantitative estimate of drug-likeness (QED) is 0.780. The lowest BCUT2D eigenvalue weighted by Crippen LogP contribution is -2.36. The van der Waals surface area contributed by atoms with Crippen LogP contribution in [0, 0.1) is 0 Å². The standard InChI is InChI=1S/C16H17BrN2O2S/c1-16(2,22-13-5-3-12(17)4-6-13)10-19-15(21)11-7-8-18-14(20)9-11/h3-9H,10H2,1-2H3,(H,18,20)(H,19,21). The topological polar surface area (TPSA) is 62.0 Å². The lowest BCUT2D eigenvalue weighted by molar-refractivity contribution is 0.0950. The molecule has 22 heavy (non-hydrogen) atoms. The van der Waals surface area contributed by atoms with E-state index in [-0.39, 0.29) is 16.2 Å². The molecule has 6 heteroatoms. The number of benzene rings is 1. The monoisotopic (exact) mass is 380 g/mol. The Morgan fingerprint density at radius 2 is 1.95 bits per heavy atom. The van der Waals surface area contributed by atoms with E-state index < -0.39 is 0 Å². The Morgan fingerprint density at radius 1 is 1.27 bits per heavy atom. The molecular weight excluding hydrogens is 364 g/mol. The van der Waals surface area contributed by atoms with Crippen molar-refractivity contribution in [2.75, 3.05) is 6.54 Å². The Bertz CT molecular complexity index is 711. The van der Waals surface area contributed by atoms with Gasteiger partial charge < -0.3 is 10.3 Å². The lowest BCUT2D eigenvalue weighted by Gasteiger charge is -2.24. The summed E-state index contributed by atoms with van der Waals surface area (Å²) in [5.41, 5.74) is 0.0874. The van der Waals surface area contributed by atoms with Crippen molar-refractivity contribution in [2.45, 2.75) is 23.5 Å². The zero-order valence-corrected chi connectivity index (χ0v) is 14.8. The van der Waals surface area contributed by atoms with E-state index in [1.54, 1.807) is 17.8 Å². The highest BCUT2D eigenvalue weighted by Gasteiger charge is 2.21. The predicted octanol–water partition coefficient (Wildman–Crippen LogP) is 3.44. The smallest absolute Gasteiger partial charge is 0.251 e. The van der Waals surface area contributed by atoms with Crippen LogP contribution in [0.5, 0.6) is 0 Å². The maximum absolute atomic E-state index is 12.1.